The van der Waals surface area contributed by atoms with Crippen molar-refractivity contribution >= 4 is 0 Å². The van der Waals surface area contributed by atoms with Crippen LogP contribution in [0.5, 0.6) is 5.75 Å². The van der Waals surface area contributed by atoms with Gasteiger partial charge in [0.25, 0.3) is 0 Å². The number of halogens is 1. The Kier molecular flexibility index (Phi) is 11.2. The van der Waals surface area contributed by atoms with Crippen molar-refractivity contribution in [3.8, 4) is 28.3 Å². The number of ether oxygens (including phenoxy) is 1. The van der Waals surface area contributed by atoms with Gasteiger partial charge >= 0.3 is 0 Å². The number of benzene rings is 2. The third kappa shape index (κ3) is 8.76. The molecule has 0 spiro atoms. The second-order valence-electron chi connectivity index (χ2n) is 9.66. The highest BCUT2D eigenvalue weighted by molar-refractivity contribution is 5.64. The third-order valence-corrected chi connectivity index (χ3v) is 6.75. The minimum atomic E-state index is -0.365. The van der Waals surface area contributed by atoms with Crippen LogP contribution in [0, 0.1) is 11.7 Å². The first-order chi connectivity index (χ1) is 17.1. The summed E-state index contributed by atoms with van der Waals surface area (Å²) in [6.45, 7) is 7.29. The molecule has 1 aromatic heterocycles. The van der Waals surface area contributed by atoms with E-state index in [1.54, 1.807) is 24.5 Å². The molecular weight excluding hydrogens is 435 g/mol. The molecule has 3 rings (SSSR count). The molecular formula is C31H41FN2O. The van der Waals surface area contributed by atoms with Crippen molar-refractivity contribution in [1.29, 1.82) is 0 Å². The second-order valence-corrected chi connectivity index (χ2v) is 9.66. The highest BCUT2D eigenvalue weighted by Crippen LogP contribution is 2.26. The Morgan fingerprint density at radius 2 is 1.54 bits per heavy atom. The second kappa shape index (κ2) is 14.6. The molecule has 0 saturated carbocycles. The molecule has 0 bridgehead atoms. The minimum Gasteiger partial charge on any atom is -0.493 e. The molecule has 1 unspecified atom stereocenters. The van der Waals surface area contributed by atoms with Gasteiger partial charge in [-0.15, -0.1) is 0 Å². The molecule has 2 aromatic carbocycles. The fraction of sp³-hybridized carbons (Fsp3) is 0.484. The molecule has 1 heterocycles. The van der Waals surface area contributed by atoms with E-state index in [-0.39, 0.29) is 5.82 Å². The average molecular weight is 477 g/mol. The Bertz CT molecular complexity index is 1000. The van der Waals surface area contributed by atoms with E-state index in [0.29, 0.717) is 29.7 Å². The van der Waals surface area contributed by atoms with Crippen molar-refractivity contribution in [3.63, 3.8) is 0 Å². The van der Waals surface area contributed by atoms with Crippen molar-refractivity contribution < 1.29 is 9.13 Å². The fourth-order valence-corrected chi connectivity index (χ4v) is 4.18. The molecule has 0 radical (unpaired) electrons. The normalized spacial score (nSPS) is 12.0. The lowest BCUT2D eigenvalue weighted by Gasteiger charge is -2.10. The Hall–Kier alpha value is -2.75. The third-order valence-electron chi connectivity index (χ3n) is 6.75. The van der Waals surface area contributed by atoms with E-state index < -0.39 is 0 Å². The predicted octanol–water partition coefficient (Wildman–Crippen LogP) is 9.06. The highest BCUT2D eigenvalue weighted by Gasteiger charge is 2.10. The molecule has 0 fully saturated rings. The Morgan fingerprint density at radius 1 is 0.829 bits per heavy atom. The van der Waals surface area contributed by atoms with Crippen molar-refractivity contribution in [2.75, 3.05) is 6.61 Å². The number of aromatic nitrogens is 2. The summed E-state index contributed by atoms with van der Waals surface area (Å²) in [6, 6.07) is 13.6. The van der Waals surface area contributed by atoms with Gasteiger partial charge in [-0.2, -0.15) is 0 Å². The maximum Gasteiger partial charge on any atom is 0.162 e. The van der Waals surface area contributed by atoms with E-state index in [9.17, 15) is 4.39 Å². The van der Waals surface area contributed by atoms with Crippen LogP contribution in [-0.2, 0) is 6.42 Å². The lowest BCUT2D eigenvalue weighted by Crippen LogP contribution is -2.01. The molecule has 1 atom stereocenters. The molecule has 0 aliphatic rings. The molecule has 35 heavy (non-hydrogen) atoms. The SMILES string of the molecule is CCCCCCCCc1ccc(-c2cnc(-c3ccc(OCCCC(C)CC)cc3F)nc2)cc1. The quantitative estimate of drug-likeness (QED) is 0.205. The summed E-state index contributed by atoms with van der Waals surface area (Å²) in [5.74, 6) is 1.26. The van der Waals surface area contributed by atoms with Gasteiger partial charge in [-0.05, 0) is 54.9 Å². The predicted molar refractivity (Wildman–Crippen MR) is 144 cm³/mol. The van der Waals surface area contributed by atoms with Crippen molar-refractivity contribution in [2.24, 2.45) is 5.92 Å². The van der Waals surface area contributed by atoms with Crippen LogP contribution < -0.4 is 4.74 Å². The van der Waals surface area contributed by atoms with E-state index in [1.165, 1.54) is 56.6 Å². The zero-order chi connectivity index (χ0) is 24.9. The van der Waals surface area contributed by atoms with Crippen LogP contribution in [0.25, 0.3) is 22.5 Å². The van der Waals surface area contributed by atoms with E-state index in [1.807, 2.05) is 0 Å². The lowest BCUT2D eigenvalue weighted by molar-refractivity contribution is 0.292. The first-order valence-corrected chi connectivity index (χ1v) is 13.4. The smallest absolute Gasteiger partial charge is 0.162 e. The summed E-state index contributed by atoms with van der Waals surface area (Å²) in [6.07, 6.45) is 15.8. The molecule has 0 aliphatic heterocycles. The summed E-state index contributed by atoms with van der Waals surface area (Å²) in [7, 11) is 0. The maximum absolute atomic E-state index is 14.7. The number of aryl methyl sites for hydroxylation is 1. The van der Waals surface area contributed by atoms with Crippen LogP contribution in [0.1, 0.15) is 84.1 Å². The van der Waals surface area contributed by atoms with E-state index in [4.69, 9.17) is 4.74 Å². The van der Waals surface area contributed by atoms with Gasteiger partial charge in [-0.25, -0.2) is 14.4 Å². The minimum absolute atomic E-state index is 0.365. The average Bonchev–Trinajstić information content (AvgIpc) is 2.89. The van der Waals surface area contributed by atoms with Gasteiger partial charge in [0.1, 0.15) is 11.6 Å². The largest absolute Gasteiger partial charge is 0.493 e. The first kappa shape index (κ1) is 26.8. The number of hydrogen-bond acceptors (Lipinski definition) is 3. The van der Waals surface area contributed by atoms with Crippen LogP contribution >= 0.6 is 0 Å². The Balaban J connectivity index is 1.53. The first-order valence-electron chi connectivity index (χ1n) is 13.4. The monoisotopic (exact) mass is 476 g/mol. The van der Waals surface area contributed by atoms with Crippen LogP contribution in [0.15, 0.2) is 54.9 Å². The molecule has 0 N–H and O–H groups in total. The number of hydrogen-bond donors (Lipinski definition) is 0. The van der Waals surface area contributed by atoms with E-state index in [0.717, 1.165) is 30.4 Å². The standard InChI is InChI=1S/C31H41FN2O/c1-4-6-7-8-9-10-13-25-14-16-26(17-15-25)27-22-33-31(34-23-27)29-19-18-28(21-30(29)32)35-20-11-12-24(3)5-2/h14-19,21-24H,4-13,20H2,1-3H3. The number of rotatable bonds is 15. The topological polar surface area (TPSA) is 35.0 Å². The highest BCUT2D eigenvalue weighted by atomic mass is 19.1. The van der Waals surface area contributed by atoms with Gasteiger partial charge in [-0.3, -0.25) is 0 Å². The van der Waals surface area contributed by atoms with E-state index >= 15 is 0 Å². The lowest BCUT2D eigenvalue weighted by atomic mass is 10.0. The number of nitrogens with zero attached hydrogens (tertiary/aromatic N) is 2. The van der Waals surface area contributed by atoms with Crippen LogP contribution in [-0.4, -0.2) is 16.6 Å². The molecule has 0 aliphatic carbocycles. The molecule has 3 nitrogen and oxygen atoms in total. The van der Waals surface area contributed by atoms with Crippen molar-refractivity contribution in [2.45, 2.75) is 85.0 Å². The van der Waals surface area contributed by atoms with Gasteiger partial charge in [0.2, 0.25) is 0 Å². The van der Waals surface area contributed by atoms with Gasteiger partial charge in [0.05, 0.1) is 12.2 Å². The van der Waals surface area contributed by atoms with Gasteiger partial charge < -0.3 is 4.74 Å². The van der Waals surface area contributed by atoms with Crippen molar-refractivity contribution in [3.05, 3.63) is 66.2 Å². The maximum atomic E-state index is 14.7. The van der Waals surface area contributed by atoms with Gasteiger partial charge in [0, 0.05) is 24.0 Å². The summed E-state index contributed by atoms with van der Waals surface area (Å²) < 4.78 is 20.4. The molecule has 4 heteroatoms. The van der Waals surface area contributed by atoms with Gasteiger partial charge in [0.15, 0.2) is 5.82 Å². The summed E-state index contributed by atoms with van der Waals surface area (Å²) >= 11 is 0. The summed E-state index contributed by atoms with van der Waals surface area (Å²) in [5, 5.41) is 0. The van der Waals surface area contributed by atoms with E-state index in [2.05, 4.69) is 55.0 Å². The van der Waals surface area contributed by atoms with Crippen molar-refractivity contribution in [1.82, 2.24) is 9.97 Å². The van der Waals surface area contributed by atoms with Crippen LogP contribution in [0.2, 0.25) is 0 Å². The zero-order valence-electron chi connectivity index (χ0n) is 21.7. The molecule has 0 amide bonds. The fourth-order valence-electron chi connectivity index (χ4n) is 4.18. The van der Waals surface area contributed by atoms with Gasteiger partial charge in [-0.1, -0.05) is 83.6 Å². The zero-order valence-corrected chi connectivity index (χ0v) is 21.7. The summed E-state index contributed by atoms with van der Waals surface area (Å²) in [5.41, 5.74) is 3.76. The molecule has 188 valence electrons. The molecule has 3 aromatic rings. The van der Waals surface area contributed by atoms with Crippen LogP contribution in [0.4, 0.5) is 4.39 Å². The Morgan fingerprint density at radius 3 is 2.23 bits per heavy atom. The molecule has 0 saturated heterocycles. The number of unbranched alkanes of at least 4 members (excludes halogenated alkanes) is 5. The Labute approximate surface area is 211 Å². The van der Waals surface area contributed by atoms with Crippen LogP contribution in [0.3, 0.4) is 0 Å². The summed E-state index contributed by atoms with van der Waals surface area (Å²) in [4.78, 5) is 8.87.